The predicted octanol–water partition coefficient (Wildman–Crippen LogP) is 5.10. The minimum atomic E-state index is -4.55. The van der Waals surface area contributed by atoms with E-state index in [-0.39, 0.29) is 11.6 Å². The van der Waals surface area contributed by atoms with Gasteiger partial charge in [-0.2, -0.15) is 13.2 Å². The van der Waals surface area contributed by atoms with Crippen molar-refractivity contribution in [1.82, 2.24) is 10.3 Å². The molecule has 2 heterocycles. The highest BCUT2D eigenvalue weighted by atomic mass is 19.4. The lowest BCUT2D eigenvalue weighted by molar-refractivity contribution is -0.136. The van der Waals surface area contributed by atoms with Crippen molar-refractivity contribution >= 4 is 10.9 Å². The second-order valence-corrected chi connectivity index (χ2v) is 7.53. The number of hydrogen-bond donors (Lipinski definition) is 2. The minimum absolute atomic E-state index is 0.150. The number of aromatic nitrogens is 1. The Morgan fingerprint density at radius 3 is 2.53 bits per heavy atom. The van der Waals surface area contributed by atoms with E-state index in [1.54, 1.807) is 43.5 Å². The molecule has 1 aromatic heterocycles. The van der Waals surface area contributed by atoms with Gasteiger partial charge in [0.1, 0.15) is 5.75 Å². The summed E-state index contributed by atoms with van der Waals surface area (Å²) in [7, 11) is 1.55. The van der Waals surface area contributed by atoms with Crippen molar-refractivity contribution in [1.29, 1.82) is 0 Å². The third-order valence-corrected chi connectivity index (χ3v) is 5.61. The lowest BCUT2D eigenvalue weighted by atomic mass is 9.91. The molecule has 0 spiro atoms. The molecular weight excluding hydrogens is 393 g/mol. The van der Waals surface area contributed by atoms with Crippen molar-refractivity contribution < 1.29 is 23.0 Å². The van der Waals surface area contributed by atoms with Gasteiger partial charge in [-0.15, -0.1) is 0 Å². The van der Waals surface area contributed by atoms with Gasteiger partial charge < -0.3 is 15.2 Å². The Bertz CT molecular complexity index is 1030. The summed E-state index contributed by atoms with van der Waals surface area (Å²) in [6, 6.07) is 12.4. The van der Waals surface area contributed by atoms with Crippen LogP contribution in [0.25, 0.3) is 22.2 Å². The van der Waals surface area contributed by atoms with Crippen LogP contribution in [0, 0.1) is 0 Å². The monoisotopic (exact) mass is 416 g/mol. The van der Waals surface area contributed by atoms with E-state index in [1.165, 1.54) is 6.07 Å². The van der Waals surface area contributed by atoms with Crippen LogP contribution in [0.15, 0.2) is 48.5 Å². The van der Waals surface area contributed by atoms with Gasteiger partial charge in [0, 0.05) is 17.0 Å². The summed E-state index contributed by atoms with van der Waals surface area (Å²) >= 11 is 0. The maximum atomic E-state index is 13.7. The average Bonchev–Trinajstić information content (AvgIpc) is 2.77. The number of fused-ring (bicyclic) bond motifs is 1. The van der Waals surface area contributed by atoms with Crippen LogP contribution >= 0.6 is 0 Å². The van der Waals surface area contributed by atoms with Crippen molar-refractivity contribution in [2.45, 2.75) is 37.6 Å². The van der Waals surface area contributed by atoms with Crippen LogP contribution in [0.4, 0.5) is 13.2 Å². The number of nitrogens with zero attached hydrogens (tertiary/aromatic N) is 1. The molecule has 158 valence electrons. The number of methoxy groups -OCH3 is 1. The zero-order valence-electron chi connectivity index (χ0n) is 16.5. The van der Waals surface area contributed by atoms with Gasteiger partial charge in [-0.3, -0.25) is 0 Å². The third-order valence-electron chi connectivity index (χ3n) is 5.61. The fraction of sp³-hybridized carbons (Fsp3) is 0.348. The Morgan fingerprint density at radius 1 is 1.13 bits per heavy atom. The van der Waals surface area contributed by atoms with Crippen molar-refractivity contribution in [2.75, 3.05) is 13.7 Å². The summed E-state index contributed by atoms with van der Waals surface area (Å²) in [5.74, 6) is 0.641. The molecule has 3 aromatic rings. The topological polar surface area (TPSA) is 54.4 Å². The normalized spacial score (nSPS) is 18.4. The standard InChI is InChI=1S/C23H23F3N2O2/c1-30-15-10-8-14(9-11-15)20-13-17(22(29)19-7-2-3-12-27-19)16-5-4-6-18(21(16)28-20)23(24,25)26/h4-6,8-11,13,19,22,27,29H,2-3,7,12H2,1H3. The molecule has 4 nitrogen and oxygen atoms in total. The van der Waals surface area contributed by atoms with Gasteiger partial charge >= 0.3 is 6.18 Å². The van der Waals surface area contributed by atoms with Crippen LogP contribution in [0.1, 0.15) is 36.5 Å². The molecule has 2 N–H and O–H groups in total. The van der Waals surface area contributed by atoms with Crippen molar-refractivity contribution in [2.24, 2.45) is 0 Å². The second-order valence-electron chi connectivity index (χ2n) is 7.53. The van der Waals surface area contributed by atoms with E-state index in [9.17, 15) is 18.3 Å². The molecule has 30 heavy (non-hydrogen) atoms. The predicted molar refractivity (Wildman–Crippen MR) is 109 cm³/mol. The molecule has 2 atom stereocenters. The number of hydrogen-bond acceptors (Lipinski definition) is 4. The van der Waals surface area contributed by atoms with Gasteiger partial charge in [-0.1, -0.05) is 18.6 Å². The van der Waals surface area contributed by atoms with Crippen molar-refractivity contribution in [3.63, 3.8) is 0 Å². The first-order valence-electron chi connectivity index (χ1n) is 9.95. The van der Waals surface area contributed by atoms with Crippen LogP contribution in [0.5, 0.6) is 5.75 Å². The summed E-state index contributed by atoms with van der Waals surface area (Å²) in [6.07, 6.45) is -2.72. The molecule has 2 aromatic carbocycles. The number of benzene rings is 2. The molecule has 1 fully saturated rings. The number of piperidine rings is 1. The van der Waals surface area contributed by atoms with Crippen LogP contribution in [0.3, 0.4) is 0 Å². The number of nitrogens with one attached hydrogen (secondary N) is 1. The number of para-hydroxylation sites is 1. The molecule has 1 aliphatic rings. The molecule has 0 radical (unpaired) electrons. The van der Waals surface area contributed by atoms with E-state index in [4.69, 9.17) is 4.74 Å². The SMILES string of the molecule is COc1ccc(-c2cc(C(O)C3CCCCN3)c3cccc(C(F)(F)F)c3n2)cc1. The highest BCUT2D eigenvalue weighted by Crippen LogP contribution is 2.38. The number of ether oxygens (including phenoxy) is 1. The fourth-order valence-corrected chi connectivity index (χ4v) is 4.02. The Kier molecular flexibility index (Phi) is 5.66. The summed E-state index contributed by atoms with van der Waals surface area (Å²) in [4.78, 5) is 4.36. The van der Waals surface area contributed by atoms with Gasteiger partial charge in [0.05, 0.1) is 30.0 Å². The van der Waals surface area contributed by atoms with Crippen molar-refractivity contribution in [3.05, 3.63) is 59.7 Å². The first-order chi connectivity index (χ1) is 14.4. The molecule has 1 aliphatic heterocycles. The lowest BCUT2D eigenvalue weighted by Crippen LogP contribution is -2.38. The Hall–Kier alpha value is -2.64. The summed E-state index contributed by atoms with van der Waals surface area (Å²) in [5.41, 5.74) is 0.534. The van der Waals surface area contributed by atoms with Crippen LogP contribution < -0.4 is 10.1 Å². The number of pyridine rings is 1. The molecule has 7 heteroatoms. The summed E-state index contributed by atoms with van der Waals surface area (Å²) in [6.45, 7) is 0.782. The Labute approximate surface area is 172 Å². The zero-order chi connectivity index (χ0) is 21.3. The number of alkyl halides is 3. The highest BCUT2D eigenvalue weighted by Gasteiger charge is 2.34. The maximum Gasteiger partial charge on any atom is 0.418 e. The molecule has 0 saturated carbocycles. The van der Waals surface area contributed by atoms with Gasteiger partial charge in [0.15, 0.2) is 0 Å². The molecular formula is C23H23F3N2O2. The summed E-state index contributed by atoms with van der Waals surface area (Å²) in [5, 5.41) is 14.7. The Balaban J connectivity index is 1.91. The van der Waals surface area contributed by atoms with E-state index < -0.39 is 17.8 Å². The van der Waals surface area contributed by atoms with Crippen LogP contribution in [0.2, 0.25) is 0 Å². The average molecular weight is 416 g/mol. The van der Waals surface area contributed by atoms with Gasteiger partial charge in [-0.25, -0.2) is 4.98 Å². The Morgan fingerprint density at radius 2 is 1.90 bits per heavy atom. The molecule has 0 amide bonds. The van der Waals surface area contributed by atoms with E-state index in [0.29, 0.717) is 28.0 Å². The van der Waals surface area contributed by atoms with E-state index in [1.807, 2.05) is 0 Å². The van der Waals surface area contributed by atoms with Crippen molar-refractivity contribution in [3.8, 4) is 17.0 Å². The van der Waals surface area contributed by atoms with Gasteiger partial charge in [0.2, 0.25) is 0 Å². The second kappa shape index (κ2) is 8.24. The number of rotatable bonds is 4. The first-order valence-corrected chi connectivity index (χ1v) is 9.95. The molecule has 0 aliphatic carbocycles. The van der Waals surface area contributed by atoms with Gasteiger partial charge in [-0.05, 0) is 61.3 Å². The number of halogens is 3. The molecule has 1 saturated heterocycles. The van der Waals surface area contributed by atoms with Gasteiger partial charge in [0.25, 0.3) is 0 Å². The lowest BCUT2D eigenvalue weighted by Gasteiger charge is -2.29. The number of aliphatic hydroxyl groups is 1. The molecule has 2 unspecified atom stereocenters. The van der Waals surface area contributed by atoms with E-state index in [2.05, 4.69) is 10.3 Å². The van der Waals surface area contributed by atoms with E-state index >= 15 is 0 Å². The summed E-state index contributed by atoms with van der Waals surface area (Å²) < 4.78 is 46.3. The van der Waals surface area contributed by atoms with Crippen LogP contribution in [-0.4, -0.2) is 29.8 Å². The molecule has 0 bridgehead atoms. The zero-order valence-corrected chi connectivity index (χ0v) is 16.5. The molecule has 4 rings (SSSR count). The number of aliphatic hydroxyl groups excluding tert-OH is 1. The van der Waals surface area contributed by atoms with Crippen LogP contribution in [-0.2, 0) is 6.18 Å². The quantitative estimate of drug-likeness (QED) is 0.621. The maximum absolute atomic E-state index is 13.7. The largest absolute Gasteiger partial charge is 0.497 e. The smallest absolute Gasteiger partial charge is 0.418 e. The minimum Gasteiger partial charge on any atom is -0.497 e. The fourth-order valence-electron chi connectivity index (χ4n) is 4.02. The highest BCUT2D eigenvalue weighted by molar-refractivity contribution is 5.88. The third kappa shape index (κ3) is 4.00. The first kappa shape index (κ1) is 20.6. The van der Waals surface area contributed by atoms with E-state index in [0.717, 1.165) is 31.9 Å².